The molecular weight excluding hydrogens is 377 g/mol. The van der Waals surface area contributed by atoms with Crippen LogP contribution in [0.4, 0.5) is 5.82 Å². The van der Waals surface area contributed by atoms with E-state index in [9.17, 15) is 0 Å². The van der Waals surface area contributed by atoms with Crippen LogP contribution in [-0.2, 0) is 0 Å². The normalized spacial score (nSPS) is 15.6. The molecule has 2 heterocycles. The summed E-state index contributed by atoms with van der Waals surface area (Å²) in [6, 6.07) is 3.91. The highest BCUT2D eigenvalue weighted by Gasteiger charge is 2.24. The molecule has 5 heteroatoms. The van der Waals surface area contributed by atoms with Crippen LogP contribution in [0, 0.1) is 10.5 Å². The van der Waals surface area contributed by atoms with Gasteiger partial charge in [0.25, 0.3) is 0 Å². The summed E-state index contributed by atoms with van der Waals surface area (Å²) in [6.45, 7) is 4.89. The number of nitrogens with zero attached hydrogens (tertiary/aromatic N) is 2. The van der Waals surface area contributed by atoms with Crippen molar-refractivity contribution in [3.05, 3.63) is 27.2 Å². The van der Waals surface area contributed by atoms with Gasteiger partial charge in [-0.15, -0.1) is 0 Å². The lowest BCUT2D eigenvalue weighted by Crippen LogP contribution is -2.10. The first-order chi connectivity index (χ1) is 10.2. The van der Waals surface area contributed by atoms with E-state index < -0.39 is 0 Å². The molecule has 4 nitrogen and oxygen atoms in total. The second kappa shape index (κ2) is 6.34. The minimum Gasteiger partial charge on any atom is -0.458 e. The lowest BCUT2D eigenvalue weighted by atomic mass is 10.0. The van der Waals surface area contributed by atoms with Gasteiger partial charge in [0.15, 0.2) is 11.6 Å². The zero-order valence-corrected chi connectivity index (χ0v) is 14.6. The van der Waals surface area contributed by atoms with E-state index in [1.807, 2.05) is 19.1 Å². The van der Waals surface area contributed by atoms with E-state index in [4.69, 9.17) is 9.40 Å². The van der Waals surface area contributed by atoms with Crippen molar-refractivity contribution in [1.29, 1.82) is 0 Å². The van der Waals surface area contributed by atoms with Crippen LogP contribution in [0.1, 0.15) is 50.0 Å². The van der Waals surface area contributed by atoms with Crippen LogP contribution >= 0.6 is 22.6 Å². The van der Waals surface area contributed by atoms with Gasteiger partial charge in [-0.2, -0.15) is 0 Å². The van der Waals surface area contributed by atoms with Crippen LogP contribution in [0.2, 0.25) is 0 Å². The van der Waals surface area contributed by atoms with Crippen molar-refractivity contribution < 1.29 is 4.42 Å². The number of anilines is 1. The van der Waals surface area contributed by atoms with E-state index in [1.54, 1.807) is 0 Å². The third-order valence-corrected chi connectivity index (χ3v) is 4.99. The van der Waals surface area contributed by atoms with Crippen molar-refractivity contribution in [2.45, 2.75) is 45.4 Å². The number of furan rings is 1. The highest BCUT2D eigenvalue weighted by molar-refractivity contribution is 14.1. The van der Waals surface area contributed by atoms with Gasteiger partial charge in [0.1, 0.15) is 11.6 Å². The number of hydrogen-bond donors (Lipinski definition) is 1. The maximum atomic E-state index is 5.70. The molecule has 0 amide bonds. The molecule has 0 aromatic carbocycles. The fraction of sp³-hybridized carbons (Fsp3) is 0.500. The lowest BCUT2D eigenvalue weighted by molar-refractivity contribution is 0.543. The molecule has 1 aliphatic rings. The Hall–Kier alpha value is -1.11. The van der Waals surface area contributed by atoms with Gasteiger partial charge < -0.3 is 9.73 Å². The Bertz CT molecular complexity index is 632. The third-order valence-electron chi connectivity index (χ3n) is 3.92. The van der Waals surface area contributed by atoms with Gasteiger partial charge in [0.2, 0.25) is 0 Å². The Morgan fingerprint density at radius 1 is 1.29 bits per heavy atom. The second-order valence-corrected chi connectivity index (χ2v) is 6.60. The second-order valence-electron chi connectivity index (χ2n) is 5.52. The number of halogens is 1. The minimum absolute atomic E-state index is 0.562. The molecule has 1 fully saturated rings. The Morgan fingerprint density at radius 2 is 2.05 bits per heavy atom. The first-order valence-corrected chi connectivity index (χ1v) is 8.65. The highest BCUT2D eigenvalue weighted by Crippen LogP contribution is 2.38. The van der Waals surface area contributed by atoms with Crippen molar-refractivity contribution in [1.82, 2.24) is 9.97 Å². The van der Waals surface area contributed by atoms with E-state index in [0.29, 0.717) is 11.7 Å². The highest BCUT2D eigenvalue weighted by atomic mass is 127. The van der Waals surface area contributed by atoms with Gasteiger partial charge in [-0.3, -0.25) is 0 Å². The molecule has 1 saturated carbocycles. The number of hydrogen-bond acceptors (Lipinski definition) is 4. The molecule has 0 spiro atoms. The molecule has 0 radical (unpaired) electrons. The van der Waals surface area contributed by atoms with E-state index in [1.165, 1.54) is 31.4 Å². The molecule has 21 heavy (non-hydrogen) atoms. The van der Waals surface area contributed by atoms with E-state index in [-0.39, 0.29) is 0 Å². The lowest BCUT2D eigenvalue weighted by Gasteiger charge is -2.15. The molecule has 1 N–H and O–H groups in total. The summed E-state index contributed by atoms with van der Waals surface area (Å²) in [5, 5.41) is 3.36. The smallest absolute Gasteiger partial charge is 0.197 e. The Balaban J connectivity index is 2.07. The standard InChI is InChI=1S/C16H20IN3O/c1-3-18-16-13(17)14(11-6-4-5-7-11)19-15(20-16)12-9-8-10(2)21-12/h8-9,11H,3-7H2,1-2H3,(H,18,19,20). The van der Waals surface area contributed by atoms with Gasteiger partial charge in [-0.05, 0) is 61.4 Å². The van der Waals surface area contributed by atoms with Crippen LogP contribution in [0.3, 0.4) is 0 Å². The average Bonchev–Trinajstić information content (AvgIpc) is 3.12. The summed E-state index contributed by atoms with van der Waals surface area (Å²) >= 11 is 2.38. The molecular formula is C16H20IN3O. The molecule has 112 valence electrons. The van der Waals surface area contributed by atoms with Gasteiger partial charge in [-0.1, -0.05) is 12.8 Å². The molecule has 0 saturated heterocycles. The van der Waals surface area contributed by atoms with Crippen molar-refractivity contribution >= 4 is 28.4 Å². The van der Waals surface area contributed by atoms with Crippen molar-refractivity contribution in [2.75, 3.05) is 11.9 Å². The molecule has 0 bridgehead atoms. The minimum atomic E-state index is 0.562. The predicted octanol–water partition coefficient (Wildman–Crippen LogP) is 4.74. The topological polar surface area (TPSA) is 51.0 Å². The fourth-order valence-corrected chi connectivity index (χ4v) is 3.76. The van der Waals surface area contributed by atoms with E-state index in [0.717, 1.165) is 27.5 Å². The number of aryl methyl sites for hydroxylation is 1. The fourth-order valence-electron chi connectivity index (χ4n) is 2.88. The molecule has 0 atom stereocenters. The van der Waals surface area contributed by atoms with Crippen LogP contribution in [-0.4, -0.2) is 16.5 Å². The molecule has 2 aromatic heterocycles. The summed E-state index contributed by atoms with van der Waals surface area (Å²) in [4.78, 5) is 9.48. The van der Waals surface area contributed by atoms with Gasteiger partial charge in [-0.25, -0.2) is 9.97 Å². The van der Waals surface area contributed by atoms with E-state index in [2.05, 4.69) is 39.8 Å². The first-order valence-electron chi connectivity index (χ1n) is 7.57. The van der Waals surface area contributed by atoms with Crippen LogP contribution in [0.15, 0.2) is 16.5 Å². The van der Waals surface area contributed by atoms with Crippen molar-refractivity contribution in [2.24, 2.45) is 0 Å². The Labute approximate surface area is 138 Å². The monoisotopic (exact) mass is 397 g/mol. The van der Waals surface area contributed by atoms with Crippen LogP contribution < -0.4 is 5.32 Å². The van der Waals surface area contributed by atoms with Gasteiger partial charge in [0.05, 0.1) is 9.26 Å². The summed E-state index contributed by atoms with van der Waals surface area (Å²) in [5.41, 5.74) is 1.18. The van der Waals surface area contributed by atoms with E-state index >= 15 is 0 Å². The molecule has 0 unspecified atom stereocenters. The number of rotatable bonds is 4. The predicted molar refractivity (Wildman–Crippen MR) is 92.6 cm³/mol. The Morgan fingerprint density at radius 3 is 2.67 bits per heavy atom. The Kier molecular flexibility index (Phi) is 4.47. The zero-order chi connectivity index (χ0) is 14.8. The summed E-state index contributed by atoms with van der Waals surface area (Å²) < 4.78 is 6.87. The van der Waals surface area contributed by atoms with Crippen molar-refractivity contribution in [3.63, 3.8) is 0 Å². The van der Waals surface area contributed by atoms with Crippen LogP contribution in [0.5, 0.6) is 0 Å². The van der Waals surface area contributed by atoms with Crippen LogP contribution in [0.25, 0.3) is 11.6 Å². The quantitative estimate of drug-likeness (QED) is 0.758. The first kappa shape index (κ1) is 14.8. The maximum absolute atomic E-state index is 5.70. The zero-order valence-electron chi connectivity index (χ0n) is 12.4. The summed E-state index contributed by atoms with van der Waals surface area (Å²) in [7, 11) is 0. The van der Waals surface area contributed by atoms with Gasteiger partial charge in [0, 0.05) is 12.5 Å². The number of nitrogens with one attached hydrogen (secondary N) is 1. The molecule has 3 rings (SSSR count). The number of aromatic nitrogens is 2. The maximum Gasteiger partial charge on any atom is 0.197 e. The molecule has 0 aliphatic heterocycles. The largest absolute Gasteiger partial charge is 0.458 e. The summed E-state index contributed by atoms with van der Waals surface area (Å²) in [5.74, 6) is 3.83. The SMILES string of the molecule is CCNc1nc(-c2ccc(C)o2)nc(C2CCCC2)c1I. The summed E-state index contributed by atoms with van der Waals surface area (Å²) in [6.07, 6.45) is 5.07. The molecule has 1 aliphatic carbocycles. The van der Waals surface area contributed by atoms with Gasteiger partial charge >= 0.3 is 0 Å². The average molecular weight is 397 g/mol. The third kappa shape index (κ3) is 3.07. The molecule has 2 aromatic rings. The van der Waals surface area contributed by atoms with Crippen molar-refractivity contribution in [3.8, 4) is 11.6 Å².